The Morgan fingerprint density at radius 1 is 1.03 bits per heavy atom. The third-order valence-corrected chi connectivity index (χ3v) is 5.73. The van der Waals surface area contributed by atoms with E-state index in [0.29, 0.717) is 12.6 Å². The Bertz CT molecular complexity index is 658. The van der Waals surface area contributed by atoms with E-state index in [1.165, 1.54) is 38.8 Å². The Labute approximate surface area is 174 Å². The number of hydrogen-bond donors (Lipinski definition) is 2. The molecule has 0 unspecified atom stereocenters. The van der Waals surface area contributed by atoms with Gasteiger partial charge in [-0.05, 0) is 39.0 Å². The molecule has 1 aromatic carbocycles. The zero-order chi connectivity index (χ0) is 20.6. The second-order valence-electron chi connectivity index (χ2n) is 7.71. The lowest BCUT2D eigenvalue weighted by molar-refractivity contribution is 0.197. The van der Waals surface area contributed by atoms with Gasteiger partial charge in [0.25, 0.3) is 0 Å². The van der Waals surface area contributed by atoms with Crippen LogP contribution in [0.4, 0.5) is 0 Å². The largest absolute Gasteiger partial charge is 0.496 e. The molecule has 1 aliphatic carbocycles. The maximum atomic E-state index is 5.55. The zero-order valence-corrected chi connectivity index (χ0v) is 18.3. The number of likely N-dealkylation sites (tertiary alicyclic amines) is 1. The molecule has 2 aliphatic rings. The number of rotatable bonds is 9. The van der Waals surface area contributed by atoms with E-state index in [2.05, 4.69) is 22.5 Å². The van der Waals surface area contributed by atoms with Crippen molar-refractivity contribution < 1.29 is 14.2 Å². The smallest absolute Gasteiger partial charge is 0.191 e. The van der Waals surface area contributed by atoms with Gasteiger partial charge in [0.15, 0.2) is 5.96 Å². The van der Waals surface area contributed by atoms with Crippen LogP contribution < -0.4 is 24.8 Å². The summed E-state index contributed by atoms with van der Waals surface area (Å²) in [5.74, 6) is 3.14. The van der Waals surface area contributed by atoms with Gasteiger partial charge in [0.2, 0.25) is 0 Å². The van der Waals surface area contributed by atoms with Crippen LogP contribution in [0.25, 0.3) is 0 Å². The molecule has 2 N–H and O–H groups in total. The van der Waals surface area contributed by atoms with Crippen LogP contribution in [0.3, 0.4) is 0 Å². The molecule has 0 spiro atoms. The highest BCUT2D eigenvalue weighted by molar-refractivity contribution is 5.80. The number of aliphatic imine (C=N–C) groups is 1. The summed E-state index contributed by atoms with van der Waals surface area (Å²) in [6.07, 6.45) is 5.87. The highest BCUT2D eigenvalue weighted by Crippen LogP contribution is 2.34. The highest BCUT2D eigenvalue weighted by atomic mass is 16.5. The van der Waals surface area contributed by atoms with Crippen LogP contribution in [0, 0.1) is 0 Å². The summed E-state index contributed by atoms with van der Waals surface area (Å²) in [5.41, 5.74) is 1.01. The average molecular weight is 405 g/mol. The first-order chi connectivity index (χ1) is 14.2. The van der Waals surface area contributed by atoms with Gasteiger partial charge in [-0.2, -0.15) is 0 Å². The van der Waals surface area contributed by atoms with E-state index in [9.17, 15) is 0 Å². The first kappa shape index (κ1) is 21.6. The van der Waals surface area contributed by atoms with Crippen molar-refractivity contribution in [3.8, 4) is 17.2 Å². The van der Waals surface area contributed by atoms with Crippen LogP contribution in [-0.2, 0) is 6.42 Å². The maximum Gasteiger partial charge on any atom is 0.191 e. The predicted octanol–water partition coefficient (Wildman–Crippen LogP) is 2.44. The molecular formula is C22H36N4O3. The first-order valence-corrected chi connectivity index (χ1v) is 10.8. The van der Waals surface area contributed by atoms with Crippen LogP contribution in [-0.4, -0.2) is 70.5 Å². The minimum absolute atomic E-state index is 0.493. The van der Waals surface area contributed by atoms with Gasteiger partial charge in [-0.3, -0.25) is 4.99 Å². The number of nitrogens with one attached hydrogen (secondary N) is 2. The van der Waals surface area contributed by atoms with Crippen LogP contribution in [0.2, 0.25) is 0 Å². The number of benzene rings is 1. The Morgan fingerprint density at radius 2 is 1.69 bits per heavy atom. The van der Waals surface area contributed by atoms with Gasteiger partial charge in [0, 0.05) is 56.0 Å². The molecule has 0 atom stereocenters. The van der Waals surface area contributed by atoms with Crippen molar-refractivity contribution in [2.24, 2.45) is 4.99 Å². The number of ether oxygens (including phenoxy) is 3. The van der Waals surface area contributed by atoms with Crippen molar-refractivity contribution in [2.45, 2.75) is 51.1 Å². The van der Waals surface area contributed by atoms with Gasteiger partial charge in [0.05, 0.1) is 21.3 Å². The maximum absolute atomic E-state index is 5.55. The Kier molecular flexibility index (Phi) is 7.86. The van der Waals surface area contributed by atoms with Gasteiger partial charge < -0.3 is 29.7 Å². The molecule has 1 saturated heterocycles. The molecule has 0 aromatic heterocycles. The molecule has 1 saturated carbocycles. The summed E-state index contributed by atoms with van der Waals surface area (Å²) >= 11 is 0. The number of methoxy groups -OCH3 is 3. The Balaban J connectivity index is 1.59. The molecule has 29 heavy (non-hydrogen) atoms. The molecule has 162 valence electrons. The van der Waals surface area contributed by atoms with Crippen LogP contribution in [0.1, 0.15) is 38.2 Å². The minimum atomic E-state index is 0.493. The van der Waals surface area contributed by atoms with Gasteiger partial charge in [-0.25, -0.2) is 0 Å². The third kappa shape index (κ3) is 5.92. The molecule has 2 fully saturated rings. The van der Waals surface area contributed by atoms with Gasteiger partial charge >= 0.3 is 0 Å². The SMILES string of the molecule is CCNC(=NCCc1c(OC)cc(OC)cc1OC)NC1CCN(C2CC2)CC1. The van der Waals surface area contributed by atoms with Crippen molar-refractivity contribution in [2.75, 3.05) is 47.5 Å². The number of guanidine groups is 1. The Hall–Kier alpha value is -2.15. The van der Waals surface area contributed by atoms with Crippen molar-refractivity contribution >= 4 is 5.96 Å². The zero-order valence-electron chi connectivity index (χ0n) is 18.3. The van der Waals surface area contributed by atoms with E-state index in [-0.39, 0.29) is 0 Å². The lowest BCUT2D eigenvalue weighted by Crippen LogP contribution is -2.49. The molecule has 7 nitrogen and oxygen atoms in total. The summed E-state index contributed by atoms with van der Waals surface area (Å²) < 4.78 is 16.4. The van der Waals surface area contributed by atoms with Crippen LogP contribution in [0.5, 0.6) is 17.2 Å². The molecule has 3 rings (SSSR count). The first-order valence-electron chi connectivity index (χ1n) is 10.8. The highest BCUT2D eigenvalue weighted by Gasteiger charge is 2.31. The fourth-order valence-electron chi connectivity index (χ4n) is 3.97. The topological polar surface area (TPSA) is 67.4 Å². The molecule has 0 amide bonds. The number of piperidine rings is 1. The van der Waals surface area contributed by atoms with E-state index < -0.39 is 0 Å². The van der Waals surface area contributed by atoms with E-state index >= 15 is 0 Å². The lowest BCUT2D eigenvalue weighted by atomic mass is 10.1. The van der Waals surface area contributed by atoms with E-state index in [1.54, 1.807) is 21.3 Å². The van der Waals surface area contributed by atoms with Gasteiger partial charge in [-0.15, -0.1) is 0 Å². The number of hydrogen-bond acceptors (Lipinski definition) is 5. The second kappa shape index (κ2) is 10.6. The fourth-order valence-corrected chi connectivity index (χ4v) is 3.97. The summed E-state index contributed by atoms with van der Waals surface area (Å²) in [5, 5.41) is 7.01. The molecule has 0 radical (unpaired) electrons. The molecule has 1 heterocycles. The van der Waals surface area contributed by atoms with E-state index in [1.807, 2.05) is 12.1 Å². The Morgan fingerprint density at radius 3 is 2.21 bits per heavy atom. The molecule has 1 aliphatic heterocycles. The molecule has 0 bridgehead atoms. The summed E-state index contributed by atoms with van der Waals surface area (Å²) in [6.45, 7) is 5.99. The number of nitrogens with zero attached hydrogens (tertiary/aromatic N) is 2. The monoisotopic (exact) mass is 404 g/mol. The van der Waals surface area contributed by atoms with Crippen molar-refractivity contribution in [3.63, 3.8) is 0 Å². The summed E-state index contributed by atoms with van der Waals surface area (Å²) in [6, 6.07) is 5.14. The van der Waals surface area contributed by atoms with Gasteiger partial charge in [-0.1, -0.05) is 0 Å². The summed E-state index contributed by atoms with van der Waals surface area (Å²) in [7, 11) is 4.98. The van der Waals surface area contributed by atoms with Crippen molar-refractivity contribution in [1.82, 2.24) is 15.5 Å². The average Bonchev–Trinajstić information content (AvgIpc) is 3.59. The van der Waals surface area contributed by atoms with Crippen LogP contribution in [0.15, 0.2) is 17.1 Å². The normalized spacial score (nSPS) is 18.4. The predicted molar refractivity (Wildman–Crippen MR) is 117 cm³/mol. The molecule has 7 heteroatoms. The minimum Gasteiger partial charge on any atom is -0.496 e. The second-order valence-corrected chi connectivity index (χ2v) is 7.71. The quantitative estimate of drug-likeness (QED) is 0.487. The molecular weight excluding hydrogens is 368 g/mol. The summed E-state index contributed by atoms with van der Waals surface area (Å²) in [4.78, 5) is 7.44. The van der Waals surface area contributed by atoms with E-state index in [0.717, 1.165) is 47.8 Å². The van der Waals surface area contributed by atoms with Gasteiger partial charge in [0.1, 0.15) is 17.2 Å². The van der Waals surface area contributed by atoms with Crippen molar-refractivity contribution in [3.05, 3.63) is 17.7 Å². The van der Waals surface area contributed by atoms with E-state index in [4.69, 9.17) is 19.2 Å². The van der Waals surface area contributed by atoms with Crippen LogP contribution >= 0.6 is 0 Å². The lowest BCUT2D eigenvalue weighted by Gasteiger charge is -2.33. The standard InChI is InChI=1S/C22H36N4O3/c1-5-23-22(25-16-9-12-26(13-10-16)17-6-7-17)24-11-8-19-20(28-3)14-18(27-2)15-21(19)29-4/h14-17H,5-13H2,1-4H3,(H2,23,24,25). The fraction of sp³-hybridized carbons (Fsp3) is 0.682. The van der Waals surface area contributed by atoms with Crippen molar-refractivity contribution in [1.29, 1.82) is 0 Å². The molecule has 1 aromatic rings. The third-order valence-electron chi connectivity index (χ3n) is 5.73.